The van der Waals surface area contributed by atoms with Gasteiger partial charge in [0.15, 0.2) is 0 Å². The van der Waals surface area contributed by atoms with E-state index in [9.17, 15) is 9.59 Å². The molecule has 0 spiro atoms. The summed E-state index contributed by atoms with van der Waals surface area (Å²) >= 11 is 2.54. The first kappa shape index (κ1) is 17.4. The first-order valence-electron chi connectivity index (χ1n) is 8.00. The largest absolute Gasteiger partial charge is 0.497 e. The maximum atomic E-state index is 12.3. The molecule has 0 saturated heterocycles. The van der Waals surface area contributed by atoms with E-state index in [1.165, 1.54) is 26.8 Å². The molecule has 0 unspecified atom stereocenters. The van der Waals surface area contributed by atoms with Crippen LogP contribution in [0.4, 0.5) is 5.13 Å². The molecular formula is C18H14N4O3S2. The highest BCUT2D eigenvalue weighted by Crippen LogP contribution is 2.27. The van der Waals surface area contributed by atoms with Gasteiger partial charge in [0.05, 0.1) is 17.2 Å². The van der Waals surface area contributed by atoms with Gasteiger partial charge in [-0.25, -0.2) is 0 Å². The number of benzene rings is 2. The smallest absolute Gasteiger partial charge is 0.268 e. The third-order valence-electron chi connectivity index (χ3n) is 3.85. The zero-order chi connectivity index (χ0) is 18.8. The van der Waals surface area contributed by atoms with Crippen LogP contribution >= 0.6 is 22.9 Å². The van der Waals surface area contributed by atoms with Gasteiger partial charge in [0.25, 0.3) is 5.56 Å². The SMILES string of the molecule is COc1ccc(-c2nnc(NC(=O)Cn3sc4ccccc4c3=O)s2)cc1. The van der Waals surface area contributed by atoms with Gasteiger partial charge in [-0.15, -0.1) is 10.2 Å². The highest BCUT2D eigenvalue weighted by molar-refractivity contribution is 7.18. The van der Waals surface area contributed by atoms with Crippen molar-refractivity contribution >= 4 is 44.0 Å². The minimum absolute atomic E-state index is 0.0599. The van der Waals surface area contributed by atoms with Gasteiger partial charge in [0.2, 0.25) is 11.0 Å². The van der Waals surface area contributed by atoms with E-state index in [0.717, 1.165) is 16.0 Å². The van der Waals surface area contributed by atoms with Crippen LogP contribution in [0.25, 0.3) is 20.7 Å². The number of methoxy groups -OCH3 is 1. The first-order valence-corrected chi connectivity index (χ1v) is 9.59. The zero-order valence-electron chi connectivity index (χ0n) is 14.2. The summed E-state index contributed by atoms with van der Waals surface area (Å²) in [6.45, 7) is -0.0599. The number of nitrogens with one attached hydrogen (secondary N) is 1. The van der Waals surface area contributed by atoms with E-state index in [2.05, 4.69) is 15.5 Å². The fraction of sp³-hybridized carbons (Fsp3) is 0.111. The van der Waals surface area contributed by atoms with Gasteiger partial charge in [0, 0.05) is 5.56 Å². The molecule has 4 aromatic rings. The standard InChI is InChI=1S/C18H14N4O3S2/c1-25-12-8-6-11(7-9-12)16-20-21-18(26-16)19-15(23)10-22-17(24)13-4-2-3-5-14(13)27-22/h2-9H,10H2,1H3,(H,19,21,23). The van der Waals surface area contributed by atoms with Crippen molar-refractivity contribution in [2.24, 2.45) is 0 Å². The molecule has 136 valence electrons. The van der Waals surface area contributed by atoms with Crippen molar-refractivity contribution in [3.05, 3.63) is 58.9 Å². The number of ether oxygens (including phenoxy) is 1. The third-order valence-corrected chi connectivity index (χ3v) is 5.80. The number of aromatic nitrogens is 3. The number of anilines is 1. The van der Waals surface area contributed by atoms with E-state index in [0.29, 0.717) is 15.5 Å². The number of rotatable bonds is 5. The minimum atomic E-state index is -0.318. The molecule has 9 heteroatoms. The van der Waals surface area contributed by atoms with Crippen molar-refractivity contribution in [2.45, 2.75) is 6.54 Å². The van der Waals surface area contributed by atoms with Crippen molar-refractivity contribution in [3.8, 4) is 16.3 Å². The number of amides is 1. The minimum Gasteiger partial charge on any atom is -0.497 e. The predicted molar refractivity (Wildman–Crippen MR) is 107 cm³/mol. The molecule has 1 N–H and O–H groups in total. The molecule has 0 radical (unpaired) electrons. The molecule has 0 fully saturated rings. The summed E-state index contributed by atoms with van der Waals surface area (Å²) in [5.41, 5.74) is 0.719. The molecule has 0 aliphatic carbocycles. The molecular weight excluding hydrogens is 384 g/mol. The van der Waals surface area contributed by atoms with Crippen LogP contribution < -0.4 is 15.6 Å². The molecule has 2 aromatic heterocycles. The van der Waals surface area contributed by atoms with Crippen LogP contribution in [0.15, 0.2) is 53.3 Å². The molecule has 27 heavy (non-hydrogen) atoms. The maximum absolute atomic E-state index is 12.3. The number of fused-ring (bicyclic) bond motifs is 1. The first-order chi connectivity index (χ1) is 13.1. The molecule has 2 heterocycles. The molecule has 2 aromatic carbocycles. The number of hydrogen-bond acceptors (Lipinski definition) is 7. The molecule has 0 aliphatic rings. The molecule has 0 aliphatic heterocycles. The van der Waals surface area contributed by atoms with E-state index in [1.54, 1.807) is 13.2 Å². The second-order valence-electron chi connectivity index (χ2n) is 5.62. The van der Waals surface area contributed by atoms with Crippen molar-refractivity contribution in [2.75, 3.05) is 12.4 Å². The fourth-order valence-corrected chi connectivity index (χ4v) is 4.29. The van der Waals surface area contributed by atoms with Crippen molar-refractivity contribution < 1.29 is 9.53 Å². The predicted octanol–water partition coefficient (Wildman–Crippen LogP) is 3.23. The molecule has 7 nitrogen and oxygen atoms in total. The van der Waals surface area contributed by atoms with E-state index < -0.39 is 0 Å². The normalized spacial score (nSPS) is 10.9. The summed E-state index contributed by atoms with van der Waals surface area (Å²) in [7, 11) is 1.61. The summed E-state index contributed by atoms with van der Waals surface area (Å²) in [6.07, 6.45) is 0. The zero-order valence-corrected chi connectivity index (χ0v) is 15.8. The Morgan fingerprint density at radius 1 is 1.15 bits per heavy atom. The van der Waals surface area contributed by atoms with Crippen molar-refractivity contribution in [1.29, 1.82) is 0 Å². The van der Waals surface area contributed by atoms with Gasteiger partial charge in [-0.3, -0.25) is 18.9 Å². The fourth-order valence-electron chi connectivity index (χ4n) is 2.53. The Bertz CT molecular complexity index is 1160. The van der Waals surface area contributed by atoms with Crippen LogP contribution in [0, 0.1) is 0 Å². The van der Waals surface area contributed by atoms with Gasteiger partial charge in [0.1, 0.15) is 17.3 Å². The lowest BCUT2D eigenvalue weighted by Gasteiger charge is -2.01. The van der Waals surface area contributed by atoms with Gasteiger partial charge in [-0.1, -0.05) is 35.0 Å². The second-order valence-corrected chi connectivity index (χ2v) is 7.66. The lowest BCUT2D eigenvalue weighted by molar-refractivity contribution is -0.116. The van der Waals surface area contributed by atoms with Crippen LogP contribution in [-0.2, 0) is 11.3 Å². The molecule has 4 rings (SSSR count). The van der Waals surface area contributed by atoms with Crippen LogP contribution in [0.5, 0.6) is 5.75 Å². The number of hydrogen-bond donors (Lipinski definition) is 1. The number of carbonyl (C=O) groups is 1. The Morgan fingerprint density at radius 2 is 1.93 bits per heavy atom. The van der Waals surface area contributed by atoms with Crippen LogP contribution in [0.1, 0.15) is 0 Å². The Kier molecular flexibility index (Phi) is 4.69. The monoisotopic (exact) mass is 398 g/mol. The highest BCUT2D eigenvalue weighted by Gasteiger charge is 2.13. The molecule has 1 amide bonds. The van der Waals surface area contributed by atoms with E-state index in [1.807, 2.05) is 42.5 Å². The van der Waals surface area contributed by atoms with Crippen LogP contribution in [0.2, 0.25) is 0 Å². The highest BCUT2D eigenvalue weighted by atomic mass is 32.1. The van der Waals surface area contributed by atoms with Gasteiger partial charge in [-0.05, 0) is 36.4 Å². The Balaban J connectivity index is 1.47. The summed E-state index contributed by atoms with van der Waals surface area (Å²) in [4.78, 5) is 24.6. The quantitative estimate of drug-likeness (QED) is 0.558. The van der Waals surface area contributed by atoms with Crippen LogP contribution in [0.3, 0.4) is 0 Å². The van der Waals surface area contributed by atoms with E-state index >= 15 is 0 Å². The lowest BCUT2D eigenvalue weighted by atomic mass is 10.2. The Labute approximate surface area is 162 Å². The van der Waals surface area contributed by atoms with Gasteiger partial charge in [-0.2, -0.15) is 0 Å². The van der Waals surface area contributed by atoms with E-state index in [-0.39, 0.29) is 18.0 Å². The average Bonchev–Trinajstić information content (AvgIpc) is 3.27. The van der Waals surface area contributed by atoms with Crippen LogP contribution in [-0.4, -0.2) is 27.2 Å². The summed E-state index contributed by atoms with van der Waals surface area (Å²) in [5.74, 6) is 0.437. The molecule has 0 saturated carbocycles. The maximum Gasteiger partial charge on any atom is 0.268 e. The van der Waals surface area contributed by atoms with E-state index in [4.69, 9.17) is 4.74 Å². The molecule has 0 bridgehead atoms. The average molecular weight is 398 g/mol. The van der Waals surface area contributed by atoms with Crippen molar-refractivity contribution in [1.82, 2.24) is 14.2 Å². The summed E-state index contributed by atoms with van der Waals surface area (Å²) < 4.78 is 7.42. The number of nitrogens with zero attached hydrogens (tertiary/aromatic N) is 3. The third kappa shape index (κ3) is 3.60. The summed E-state index contributed by atoms with van der Waals surface area (Å²) in [6, 6.07) is 14.7. The lowest BCUT2D eigenvalue weighted by Crippen LogP contribution is -2.23. The molecule has 0 atom stereocenters. The van der Waals surface area contributed by atoms with Crippen molar-refractivity contribution in [3.63, 3.8) is 0 Å². The van der Waals surface area contributed by atoms with Gasteiger partial charge >= 0.3 is 0 Å². The second kappa shape index (κ2) is 7.29. The summed E-state index contributed by atoms with van der Waals surface area (Å²) in [5, 5.41) is 12.5. The Morgan fingerprint density at radius 3 is 2.67 bits per heavy atom. The van der Waals surface area contributed by atoms with Gasteiger partial charge < -0.3 is 4.74 Å². The topological polar surface area (TPSA) is 86.1 Å². The number of carbonyl (C=O) groups excluding carboxylic acids is 1. The Hall–Kier alpha value is -3.04.